The number of amides is 1. The molecule has 0 spiro atoms. The van der Waals surface area contributed by atoms with Gasteiger partial charge in [-0.3, -0.25) is 14.5 Å². The van der Waals surface area contributed by atoms with Crippen LogP contribution in [0.5, 0.6) is 0 Å². The fourth-order valence-electron chi connectivity index (χ4n) is 3.15. The summed E-state index contributed by atoms with van der Waals surface area (Å²) in [5, 5.41) is 2.49. The minimum absolute atomic E-state index is 0.0214. The molecule has 0 bridgehead atoms. The Balaban J connectivity index is 1.59. The zero-order valence-electron chi connectivity index (χ0n) is 18.0. The molecule has 0 fully saturated rings. The summed E-state index contributed by atoms with van der Waals surface area (Å²) in [5.41, 5.74) is 1.16. The fourth-order valence-corrected chi connectivity index (χ4v) is 4.39. The van der Waals surface area contributed by atoms with Crippen LogP contribution >= 0.6 is 0 Å². The van der Waals surface area contributed by atoms with Crippen LogP contribution in [0.4, 0.5) is 0 Å². The van der Waals surface area contributed by atoms with Crippen molar-refractivity contribution in [1.29, 1.82) is 0 Å². The van der Waals surface area contributed by atoms with Crippen molar-refractivity contribution in [1.82, 2.24) is 10.0 Å². The Morgan fingerprint density at radius 1 is 1.03 bits per heavy atom. The molecule has 1 aliphatic rings. The van der Waals surface area contributed by atoms with Crippen LogP contribution in [0.3, 0.4) is 0 Å². The monoisotopic (exact) mass is 473 g/mol. The van der Waals surface area contributed by atoms with E-state index in [1.54, 1.807) is 42.5 Å². The van der Waals surface area contributed by atoms with E-state index in [9.17, 15) is 22.8 Å². The second-order valence-electron chi connectivity index (χ2n) is 7.20. The minimum Gasteiger partial charge on any atom is -0.467 e. The van der Waals surface area contributed by atoms with Crippen LogP contribution in [0.25, 0.3) is 0 Å². The molecule has 0 saturated carbocycles. The van der Waals surface area contributed by atoms with E-state index in [0.29, 0.717) is 5.56 Å². The van der Waals surface area contributed by atoms with Gasteiger partial charge in [0.2, 0.25) is 0 Å². The fraction of sp³-hybridized carbons (Fsp3) is 0.273. The predicted octanol–water partition coefficient (Wildman–Crippen LogP) is 0.557. The Labute approximate surface area is 191 Å². The van der Waals surface area contributed by atoms with Gasteiger partial charge >= 0.3 is 11.9 Å². The highest BCUT2D eigenvalue weighted by molar-refractivity contribution is 7.90. The lowest BCUT2D eigenvalue weighted by Crippen LogP contribution is -2.45. The van der Waals surface area contributed by atoms with Crippen LogP contribution in [-0.2, 0) is 40.3 Å². The van der Waals surface area contributed by atoms with E-state index in [1.807, 2.05) is 6.07 Å². The summed E-state index contributed by atoms with van der Waals surface area (Å²) in [6.45, 7) is 0.772. The van der Waals surface area contributed by atoms with Crippen LogP contribution in [0.1, 0.15) is 18.1 Å². The molecule has 0 radical (unpaired) electrons. The number of carbonyl (C=O) groups excluding carboxylic acids is 3. The van der Waals surface area contributed by atoms with E-state index in [4.69, 9.17) is 9.47 Å². The summed E-state index contributed by atoms with van der Waals surface area (Å²) in [5.74, 6) is -2.14. The lowest BCUT2D eigenvalue weighted by molar-refractivity contribution is -0.150. The van der Waals surface area contributed by atoms with Crippen molar-refractivity contribution in [3.63, 3.8) is 0 Å². The van der Waals surface area contributed by atoms with E-state index >= 15 is 0 Å². The average molecular weight is 474 g/mol. The quantitative estimate of drug-likeness (QED) is 0.534. The highest BCUT2D eigenvalue weighted by Crippen LogP contribution is 2.22. The molecule has 1 amide bonds. The number of hydrogen-bond donors (Lipinski definition) is 2. The van der Waals surface area contributed by atoms with E-state index in [-0.39, 0.29) is 17.2 Å². The lowest BCUT2D eigenvalue weighted by Gasteiger charge is -2.17. The third-order valence-corrected chi connectivity index (χ3v) is 6.17. The number of benzene rings is 2. The molecule has 0 aromatic heterocycles. The van der Waals surface area contributed by atoms with Gasteiger partial charge in [-0.25, -0.2) is 18.0 Å². The van der Waals surface area contributed by atoms with Crippen molar-refractivity contribution < 1.29 is 32.3 Å². The molecule has 2 aromatic rings. The van der Waals surface area contributed by atoms with E-state index in [2.05, 4.69) is 15.0 Å². The summed E-state index contributed by atoms with van der Waals surface area (Å²) in [4.78, 5) is 40.7. The maximum Gasteiger partial charge on any atom is 0.331 e. The smallest absolute Gasteiger partial charge is 0.331 e. The number of esters is 2. The summed E-state index contributed by atoms with van der Waals surface area (Å²) >= 11 is 0. The van der Waals surface area contributed by atoms with Crippen molar-refractivity contribution >= 4 is 33.7 Å². The molecule has 33 heavy (non-hydrogen) atoms. The summed E-state index contributed by atoms with van der Waals surface area (Å²) in [6.07, 6.45) is 0.205. The first-order valence-corrected chi connectivity index (χ1v) is 11.5. The molecule has 1 heterocycles. The van der Waals surface area contributed by atoms with Gasteiger partial charge in [0.15, 0.2) is 6.61 Å². The Morgan fingerprint density at radius 2 is 1.70 bits per heavy atom. The Hall–Kier alpha value is -3.73. The van der Waals surface area contributed by atoms with Gasteiger partial charge in [-0.2, -0.15) is 0 Å². The van der Waals surface area contributed by atoms with Crippen LogP contribution in [-0.4, -0.2) is 57.9 Å². The maximum atomic E-state index is 12.3. The zero-order chi connectivity index (χ0) is 24.0. The van der Waals surface area contributed by atoms with Gasteiger partial charge in [0.05, 0.1) is 12.0 Å². The molecule has 10 nitrogen and oxygen atoms in total. The summed E-state index contributed by atoms with van der Waals surface area (Å²) in [7, 11) is -2.53. The van der Waals surface area contributed by atoms with Crippen LogP contribution in [0.2, 0.25) is 0 Å². The second-order valence-corrected chi connectivity index (χ2v) is 8.85. The lowest BCUT2D eigenvalue weighted by atomic mass is 10.1. The van der Waals surface area contributed by atoms with E-state index in [1.165, 1.54) is 20.1 Å². The number of hydrogen-bond acceptors (Lipinski definition) is 8. The molecular formula is C22H23N3O7S. The second kappa shape index (κ2) is 10.3. The van der Waals surface area contributed by atoms with Crippen molar-refractivity contribution in [2.45, 2.75) is 30.3 Å². The number of carbonyl (C=O) groups is 3. The number of methoxy groups -OCH3 is 1. The zero-order valence-corrected chi connectivity index (χ0v) is 18.8. The van der Waals surface area contributed by atoms with E-state index < -0.39 is 46.6 Å². The molecule has 0 saturated heterocycles. The maximum absolute atomic E-state index is 12.3. The number of sulfonamides is 1. The van der Waals surface area contributed by atoms with E-state index in [0.717, 1.165) is 5.56 Å². The van der Waals surface area contributed by atoms with Gasteiger partial charge in [0.25, 0.3) is 15.9 Å². The Bertz CT molecular complexity index is 1180. The SMILES string of the molecule is COC(=O)C(Cc1ccccc1)NC(=O)COC(=O)[C@H](C)N=C1NS(=O)(=O)c2ccccc21. The van der Waals surface area contributed by atoms with Crippen molar-refractivity contribution in [3.8, 4) is 0 Å². The highest BCUT2D eigenvalue weighted by Gasteiger charge is 2.31. The van der Waals surface area contributed by atoms with Gasteiger partial charge < -0.3 is 14.8 Å². The molecule has 2 aromatic carbocycles. The Morgan fingerprint density at radius 3 is 2.39 bits per heavy atom. The standard InChI is InChI=1S/C22H23N3O7S/c1-14(23-20-16-10-6-7-11-18(16)33(29,30)25-20)21(27)32-13-19(26)24-17(22(28)31-2)12-15-8-4-3-5-9-15/h3-11,14,17H,12-13H2,1-2H3,(H,23,25)(H,24,26)/t14-,17?/m0/s1. The van der Waals surface area contributed by atoms with Gasteiger partial charge in [-0.15, -0.1) is 0 Å². The molecule has 1 aliphatic heterocycles. The number of fused-ring (bicyclic) bond motifs is 1. The van der Waals surface area contributed by atoms with Crippen LogP contribution < -0.4 is 10.0 Å². The van der Waals surface area contributed by atoms with Gasteiger partial charge in [0.1, 0.15) is 17.9 Å². The third-order valence-electron chi connectivity index (χ3n) is 4.78. The first kappa shape index (κ1) is 23.9. The number of nitrogens with zero attached hydrogens (tertiary/aromatic N) is 1. The summed E-state index contributed by atoms with van der Waals surface area (Å²) in [6, 6.07) is 13.2. The largest absolute Gasteiger partial charge is 0.467 e. The Kier molecular flexibility index (Phi) is 7.44. The minimum atomic E-state index is -3.74. The molecule has 2 N–H and O–H groups in total. The van der Waals surface area contributed by atoms with Gasteiger partial charge in [-0.05, 0) is 24.6 Å². The molecule has 0 aliphatic carbocycles. The summed E-state index contributed by atoms with van der Waals surface area (Å²) < 4.78 is 36.3. The number of rotatable bonds is 8. The highest BCUT2D eigenvalue weighted by atomic mass is 32.2. The number of amidine groups is 1. The molecular weight excluding hydrogens is 450 g/mol. The third kappa shape index (κ3) is 5.95. The number of ether oxygens (including phenoxy) is 2. The topological polar surface area (TPSA) is 140 Å². The number of nitrogens with one attached hydrogen (secondary N) is 2. The van der Waals surface area contributed by atoms with Crippen molar-refractivity contribution in [3.05, 3.63) is 65.7 Å². The van der Waals surface area contributed by atoms with Gasteiger partial charge in [-0.1, -0.05) is 42.5 Å². The molecule has 11 heteroatoms. The van der Waals surface area contributed by atoms with Crippen LogP contribution in [0, 0.1) is 0 Å². The normalized spacial score (nSPS) is 16.7. The molecule has 2 atom stereocenters. The van der Waals surface area contributed by atoms with Crippen LogP contribution in [0.15, 0.2) is 64.5 Å². The van der Waals surface area contributed by atoms with Gasteiger partial charge in [0, 0.05) is 12.0 Å². The number of aliphatic imine (C=N–C) groups is 1. The molecule has 174 valence electrons. The molecule has 3 rings (SSSR count). The first-order chi connectivity index (χ1) is 15.7. The molecule has 1 unspecified atom stereocenters. The predicted molar refractivity (Wildman–Crippen MR) is 118 cm³/mol. The first-order valence-electron chi connectivity index (χ1n) is 9.99. The van der Waals surface area contributed by atoms with Crippen molar-refractivity contribution in [2.24, 2.45) is 4.99 Å². The average Bonchev–Trinajstić information content (AvgIpc) is 3.07. The van der Waals surface area contributed by atoms with Crippen molar-refractivity contribution in [2.75, 3.05) is 13.7 Å².